The van der Waals surface area contributed by atoms with Crippen LogP contribution < -0.4 is 11.1 Å². The van der Waals surface area contributed by atoms with E-state index < -0.39 is 0 Å². The molecule has 5 heteroatoms. The smallest absolute Gasteiger partial charge is 0.140 e. The molecule has 4 N–H and O–H groups in total. The first-order valence-corrected chi connectivity index (χ1v) is 5.41. The maximum absolute atomic E-state index is 8.27. The summed E-state index contributed by atoms with van der Waals surface area (Å²) in [6.07, 6.45) is 1.56. The van der Waals surface area contributed by atoms with Crippen LogP contribution in [0.2, 0.25) is 0 Å². The van der Waals surface area contributed by atoms with Crippen molar-refractivity contribution in [3.8, 4) is 0 Å². The van der Waals surface area contributed by atoms with E-state index in [1.165, 1.54) is 0 Å². The van der Waals surface area contributed by atoms with Crippen molar-refractivity contribution in [2.75, 3.05) is 26.3 Å². The van der Waals surface area contributed by atoms with E-state index in [2.05, 4.69) is 24.3 Å². The molecule has 5 nitrogen and oxygen atoms in total. The lowest BCUT2D eigenvalue weighted by Crippen LogP contribution is -2.23. The zero-order chi connectivity index (χ0) is 11.5. The first-order valence-electron chi connectivity index (χ1n) is 5.41. The van der Waals surface area contributed by atoms with E-state index in [1.54, 1.807) is 0 Å². The van der Waals surface area contributed by atoms with Gasteiger partial charge in [0.2, 0.25) is 0 Å². The fraction of sp³-hybridized carbons (Fsp3) is 0.900. The molecule has 0 radical (unpaired) electrons. The van der Waals surface area contributed by atoms with Crippen LogP contribution >= 0.6 is 0 Å². The molecule has 0 aliphatic heterocycles. The van der Waals surface area contributed by atoms with Gasteiger partial charge in [0.25, 0.3) is 0 Å². The van der Waals surface area contributed by atoms with Crippen molar-refractivity contribution >= 4 is 5.84 Å². The maximum Gasteiger partial charge on any atom is 0.140 e. The van der Waals surface area contributed by atoms with Crippen LogP contribution in [0.3, 0.4) is 0 Å². The van der Waals surface area contributed by atoms with E-state index in [0.29, 0.717) is 12.3 Å². The Hall–Kier alpha value is -0.810. The summed E-state index contributed by atoms with van der Waals surface area (Å²) in [4.78, 5) is 0. The number of ether oxygens (including phenoxy) is 1. The maximum atomic E-state index is 8.27. The molecule has 0 rings (SSSR count). The number of rotatable bonds is 9. The van der Waals surface area contributed by atoms with Crippen molar-refractivity contribution in [2.24, 2.45) is 16.8 Å². The summed E-state index contributed by atoms with van der Waals surface area (Å²) in [5, 5.41) is 14.3. The average molecular weight is 217 g/mol. The van der Waals surface area contributed by atoms with E-state index in [4.69, 9.17) is 15.7 Å². The van der Waals surface area contributed by atoms with Gasteiger partial charge >= 0.3 is 0 Å². The third kappa shape index (κ3) is 11.1. The van der Waals surface area contributed by atoms with Crippen LogP contribution in [-0.4, -0.2) is 37.3 Å². The Morgan fingerprint density at radius 2 is 2.20 bits per heavy atom. The quantitative estimate of drug-likeness (QED) is 0.175. The normalized spacial score (nSPS) is 12.3. The number of amidine groups is 1. The number of hydrogen-bond acceptors (Lipinski definition) is 4. The number of oxime groups is 1. The van der Waals surface area contributed by atoms with Gasteiger partial charge in [-0.3, -0.25) is 0 Å². The largest absolute Gasteiger partial charge is 0.409 e. The summed E-state index contributed by atoms with van der Waals surface area (Å²) < 4.78 is 5.42. The fourth-order valence-corrected chi connectivity index (χ4v) is 1.01. The Labute approximate surface area is 91.7 Å². The second-order valence-corrected chi connectivity index (χ2v) is 3.91. The third-order valence-corrected chi connectivity index (χ3v) is 1.78. The monoisotopic (exact) mass is 217 g/mol. The Balaban J connectivity index is 3.05. The van der Waals surface area contributed by atoms with Gasteiger partial charge < -0.3 is 21.0 Å². The summed E-state index contributed by atoms with van der Waals surface area (Å²) in [7, 11) is 0. The Morgan fingerprint density at radius 3 is 2.80 bits per heavy atom. The predicted octanol–water partition coefficient (Wildman–Crippen LogP) is 0.775. The Bertz CT molecular complexity index is 172. The van der Waals surface area contributed by atoms with Crippen LogP contribution in [0.15, 0.2) is 5.16 Å². The van der Waals surface area contributed by atoms with Crippen molar-refractivity contribution in [3.63, 3.8) is 0 Å². The molecule has 0 aliphatic carbocycles. The van der Waals surface area contributed by atoms with Crippen molar-refractivity contribution in [2.45, 2.75) is 26.7 Å². The molecule has 15 heavy (non-hydrogen) atoms. The summed E-state index contributed by atoms with van der Waals surface area (Å²) in [5.74, 6) is 0.858. The fourth-order valence-electron chi connectivity index (χ4n) is 1.01. The average Bonchev–Trinajstić information content (AvgIpc) is 2.21. The van der Waals surface area contributed by atoms with Crippen LogP contribution in [0.4, 0.5) is 0 Å². The van der Waals surface area contributed by atoms with Crippen molar-refractivity contribution in [1.29, 1.82) is 0 Å². The summed E-state index contributed by atoms with van der Waals surface area (Å²) >= 11 is 0. The molecule has 0 amide bonds. The first kappa shape index (κ1) is 14.2. The van der Waals surface area contributed by atoms with Crippen molar-refractivity contribution in [3.05, 3.63) is 0 Å². The van der Waals surface area contributed by atoms with Crippen LogP contribution in [0, 0.1) is 5.92 Å². The van der Waals surface area contributed by atoms with Crippen molar-refractivity contribution < 1.29 is 9.94 Å². The van der Waals surface area contributed by atoms with Gasteiger partial charge in [0.15, 0.2) is 0 Å². The molecule has 0 fully saturated rings. The van der Waals surface area contributed by atoms with E-state index in [-0.39, 0.29) is 5.84 Å². The zero-order valence-electron chi connectivity index (χ0n) is 9.70. The molecule has 0 atom stereocenters. The molecular formula is C10H23N3O2. The minimum absolute atomic E-state index is 0.263. The van der Waals surface area contributed by atoms with Crippen molar-refractivity contribution in [1.82, 2.24) is 5.32 Å². The molecule has 0 spiro atoms. The van der Waals surface area contributed by atoms with Crippen LogP contribution in [0.25, 0.3) is 0 Å². The van der Waals surface area contributed by atoms with E-state index in [1.807, 2.05) is 0 Å². The molecule has 0 aromatic rings. The molecule has 0 aromatic carbocycles. The minimum atomic E-state index is 0.263. The second-order valence-electron chi connectivity index (χ2n) is 3.91. The van der Waals surface area contributed by atoms with E-state index in [0.717, 1.165) is 32.7 Å². The molecule has 0 saturated carbocycles. The molecular weight excluding hydrogens is 194 g/mol. The Morgan fingerprint density at radius 1 is 1.47 bits per heavy atom. The number of nitrogens with zero attached hydrogens (tertiary/aromatic N) is 1. The van der Waals surface area contributed by atoms with Gasteiger partial charge in [-0.05, 0) is 18.9 Å². The van der Waals surface area contributed by atoms with Gasteiger partial charge in [-0.15, -0.1) is 0 Å². The topological polar surface area (TPSA) is 79.9 Å². The summed E-state index contributed by atoms with van der Waals surface area (Å²) in [6.45, 7) is 7.51. The van der Waals surface area contributed by atoms with Crippen LogP contribution in [-0.2, 0) is 4.74 Å². The molecule has 0 saturated heterocycles. The SMILES string of the molecule is CC(C)COCCCNCCC(N)=NO. The highest BCUT2D eigenvalue weighted by atomic mass is 16.5. The molecule has 90 valence electrons. The lowest BCUT2D eigenvalue weighted by Gasteiger charge is -2.07. The highest BCUT2D eigenvalue weighted by molar-refractivity contribution is 5.79. The molecule has 0 heterocycles. The molecule has 0 unspecified atom stereocenters. The van der Waals surface area contributed by atoms with Gasteiger partial charge in [0.05, 0.1) is 0 Å². The highest BCUT2D eigenvalue weighted by Crippen LogP contribution is 1.92. The second kappa shape index (κ2) is 9.73. The molecule has 0 bridgehead atoms. The van der Waals surface area contributed by atoms with Gasteiger partial charge in [-0.2, -0.15) is 0 Å². The number of hydrogen-bond donors (Lipinski definition) is 3. The summed E-state index contributed by atoms with van der Waals surface area (Å²) in [5.41, 5.74) is 5.30. The zero-order valence-corrected chi connectivity index (χ0v) is 9.70. The number of nitrogens with two attached hydrogens (primary N) is 1. The standard InChI is InChI=1S/C10H23N3O2/c1-9(2)8-15-7-3-5-12-6-4-10(11)13-14/h9,12,14H,3-8H2,1-2H3,(H2,11,13). The first-order chi connectivity index (χ1) is 7.16. The lowest BCUT2D eigenvalue weighted by molar-refractivity contribution is 0.108. The molecule has 0 aliphatic rings. The third-order valence-electron chi connectivity index (χ3n) is 1.78. The molecule has 0 aromatic heterocycles. The minimum Gasteiger partial charge on any atom is -0.409 e. The van der Waals surface area contributed by atoms with Crippen LogP contribution in [0.1, 0.15) is 26.7 Å². The number of nitrogens with one attached hydrogen (secondary N) is 1. The summed E-state index contributed by atoms with van der Waals surface area (Å²) in [6, 6.07) is 0. The van der Waals surface area contributed by atoms with Gasteiger partial charge in [0.1, 0.15) is 5.84 Å². The van der Waals surface area contributed by atoms with E-state index >= 15 is 0 Å². The highest BCUT2D eigenvalue weighted by Gasteiger charge is 1.95. The predicted molar refractivity (Wildman–Crippen MR) is 61.2 cm³/mol. The van der Waals surface area contributed by atoms with Gasteiger partial charge in [-0.1, -0.05) is 19.0 Å². The van der Waals surface area contributed by atoms with Gasteiger partial charge in [-0.25, -0.2) is 0 Å². The van der Waals surface area contributed by atoms with Crippen LogP contribution in [0.5, 0.6) is 0 Å². The Kier molecular flexibility index (Phi) is 9.21. The van der Waals surface area contributed by atoms with Gasteiger partial charge in [0, 0.05) is 26.2 Å². The van der Waals surface area contributed by atoms with E-state index in [9.17, 15) is 0 Å². The lowest BCUT2D eigenvalue weighted by atomic mass is 10.2.